The summed E-state index contributed by atoms with van der Waals surface area (Å²) < 4.78 is 11.1. The van der Waals surface area contributed by atoms with Crippen molar-refractivity contribution < 1.29 is 14.1 Å². The number of aromatic nitrogens is 2. The van der Waals surface area contributed by atoms with Crippen molar-refractivity contribution in [3.05, 3.63) is 71.1 Å². The maximum absolute atomic E-state index is 12.8. The fraction of sp³-hybridized carbons (Fsp3) is 0.318. The van der Waals surface area contributed by atoms with Crippen LogP contribution >= 0.6 is 11.6 Å². The lowest BCUT2D eigenvalue weighted by Crippen LogP contribution is -2.40. The quantitative estimate of drug-likeness (QED) is 0.590. The standard InChI is InChI=1S/C22H22ClN3O3/c23-18-10-6-9-17(13-18)21-24-22(29-25-21)19-11-4-5-12-26(19)20(27)15-28-14-16-7-2-1-3-8-16/h1-3,6-10,13,19H,4-5,11-12,14-15H2. The highest BCUT2D eigenvalue weighted by Crippen LogP contribution is 2.31. The minimum atomic E-state index is -0.225. The highest BCUT2D eigenvalue weighted by Gasteiger charge is 2.32. The van der Waals surface area contributed by atoms with E-state index in [1.807, 2.05) is 42.5 Å². The Hall–Kier alpha value is -2.70. The number of carbonyl (C=O) groups excluding carboxylic acids is 1. The molecule has 1 atom stereocenters. The topological polar surface area (TPSA) is 68.5 Å². The SMILES string of the molecule is O=C(COCc1ccccc1)N1CCCCC1c1nc(-c2cccc(Cl)c2)no1. The maximum Gasteiger partial charge on any atom is 0.249 e. The van der Waals surface area contributed by atoms with E-state index in [2.05, 4.69) is 10.1 Å². The Morgan fingerprint density at radius 3 is 2.86 bits per heavy atom. The van der Waals surface area contributed by atoms with Gasteiger partial charge in [0.2, 0.25) is 17.6 Å². The molecule has 0 bridgehead atoms. The summed E-state index contributed by atoms with van der Waals surface area (Å²) in [5.74, 6) is 0.866. The van der Waals surface area contributed by atoms with E-state index < -0.39 is 0 Å². The number of rotatable bonds is 6. The number of carbonyl (C=O) groups is 1. The Balaban J connectivity index is 1.43. The van der Waals surface area contributed by atoms with Crippen molar-refractivity contribution in [3.63, 3.8) is 0 Å². The molecule has 0 N–H and O–H groups in total. The van der Waals surface area contributed by atoms with Crippen LogP contribution in [0.4, 0.5) is 0 Å². The number of hydrogen-bond acceptors (Lipinski definition) is 5. The zero-order valence-electron chi connectivity index (χ0n) is 16.0. The molecule has 4 rings (SSSR count). The van der Waals surface area contributed by atoms with E-state index in [1.165, 1.54) is 0 Å². The van der Waals surface area contributed by atoms with E-state index >= 15 is 0 Å². The highest BCUT2D eigenvalue weighted by molar-refractivity contribution is 6.30. The van der Waals surface area contributed by atoms with Crippen molar-refractivity contribution in [3.8, 4) is 11.4 Å². The van der Waals surface area contributed by atoms with Crippen LogP contribution < -0.4 is 0 Å². The van der Waals surface area contributed by atoms with Crippen LogP contribution in [0.1, 0.15) is 36.8 Å². The molecule has 7 heteroatoms. The highest BCUT2D eigenvalue weighted by atomic mass is 35.5. The van der Waals surface area contributed by atoms with Crippen molar-refractivity contribution in [2.24, 2.45) is 0 Å². The van der Waals surface area contributed by atoms with Crippen LogP contribution in [0.5, 0.6) is 0 Å². The first kappa shape index (κ1) is 19.6. The first-order valence-electron chi connectivity index (χ1n) is 9.71. The third-order valence-electron chi connectivity index (χ3n) is 4.97. The van der Waals surface area contributed by atoms with Gasteiger partial charge in [-0.1, -0.05) is 59.2 Å². The molecule has 2 aromatic carbocycles. The molecule has 0 aliphatic carbocycles. The number of piperidine rings is 1. The summed E-state index contributed by atoms with van der Waals surface area (Å²) in [5.41, 5.74) is 1.82. The molecular formula is C22H22ClN3O3. The van der Waals surface area contributed by atoms with Crippen LogP contribution in [0.25, 0.3) is 11.4 Å². The van der Waals surface area contributed by atoms with Gasteiger partial charge in [0.15, 0.2) is 0 Å². The molecule has 1 aliphatic rings. The zero-order valence-corrected chi connectivity index (χ0v) is 16.7. The second-order valence-electron chi connectivity index (χ2n) is 7.04. The summed E-state index contributed by atoms with van der Waals surface area (Å²) in [6.07, 6.45) is 2.76. The van der Waals surface area contributed by atoms with Crippen molar-refractivity contribution in [1.82, 2.24) is 15.0 Å². The van der Waals surface area contributed by atoms with Gasteiger partial charge in [-0.2, -0.15) is 4.98 Å². The molecule has 1 aliphatic heterocycles. The molecule has 150 valence electrons. The van der Waals surface area contributed by atoms with Gasteiger partial charge in [0, 0.05) is 17.1 Å². The molecule has 3 aromatic rings. The summed E-state index contributed by atoms with van der Waals surface area (Å²) in [5, 5.41) is 4.69. The van der Waals surface area contributed by atoms with Crippen molar-refractivity contribution >= 4 is 17.5 Å². The summed E-state index contributed by atoms with van der Waals surface area (Å²) in [4.78, 5) is 19.1. The van der Waals surface area contributed by atoms with E-state index in [9.17, 15) is 4.79 Å². The smallest absolute Gasteiger partial charge is 0.249 e. The molecule has 1 aromatic heterocycles. The second kappa shape index (κ2) is 9.20. The predicted octanol–water partition coefficient (Wildman–Crippen LogP) is 4.66. The Labute approximate surface area is 174 Å². The zero-order chi connectivity index (χ0) is 20.1. The molecule has 29 heavy (non-hydrogen) atoms. The molecule has 1 amide bonds. The number of hydrogen-bond donors (Lipinski definition) is 0. The number of amides is 1. The van der Waals surface area contributed by atoms with E-state index in [1.54, 1.807) is 17.0 Å². The number of ether oxygens (including phenoxy) is 1. The van der Waals surface area contributed by atoms with Gasteiger partial charge in [-0.15, -0.1) is 0 Å². The molecule has 2 heterocycles. The fourth-order valence-electron chi connectivity index (χ4n) is 3.52. The lowest BCUT2D eigenvalue weighted by atomic mass is 10.0. The van der Waals surface area contributed by atoms with Crippen LogP contribution in [0.2, 0.25) is 5.02 Å². The Morgan fingerprint density at radius 1 is 1.17 bits per heavy atom. The monoisotopic (exact) mass is 411 g/mol. The number of halogens is 1. The molecule has 1 fully saturated rings. The number of likely N-dealkylation sites (tertiary alicyclic amines) is 1. The van der Waals surface area contributed by atoms with Gasteiger partial charge in [0.1, 0.15) is 12.6 Å². The summed E-state index contributed by atoms with van der Waals surface area (Å²) in [6, 6.07) is 16.9. The molecule has 0 spiro atoms. The molecule has 0 saturated carbocycles. The summed E-state index contributed by atoms with van der Waals surface area (Å²) in [7, 11) is 0. The van der Waals surface area contributed by atoms with Crippen molar-refractivity contribution in [2.75, 3.05) is 13.2 Å². The largest absolute Gasteiger partial charge is 0.367 e. The fourth-order valence-corrected chi connectivity index (χ4v) is 3.71. The average molecular weight is 412 g/mol. The summed E-state index contributed by atoms with van der Waals surface area (Å²) >= 11 is 6.05. The number of benzene rings is 2. The lowest BCUT2D eigenvalue weighted by molar-refractivity contribution is -0.141. The van der Waals surface area contributed by atoms with Crippen molar-refractivity contribution in [1.29, 1.82) is 0 Å². The molecule has 1 unspecified atom stereocenters. The van der Waals surface area contributed by atoms with Crippen molar-refractivity contribution in [2.45, 2.75) is 31.9 Å². The Morgan fingerprint density at radius 2 is 2.03 bits per heavy atom. The van der Waals surface area contributed by atoms with Gasteiger partial charge in [0.25, 0.3) is 0 Å². The normalized spacial score (nSPS) is 16.7. The van der Waals surface area contributed by atoms with E-state index in [0.717, 1.165) is 30.4 Å². The van der Waals surface area contributed by atoms with Crippen LogP contribution in [-0.2, 0) is 16.1 Å². The van der Waals surface area contributed by atoms with Gasteiger partial charge < -0.3 is 14.2 Å². The average Bonchev–Trinajstić information content (AvgIpc) is 3.25. The number of nitrogens with zero attached hydrogens (tertiary/aromatic N) is 3. The first-order chi connectivity index (χ1) is 14.2. The van der Waals surface area contributed by atoms with Crippen LogP contribution in [0.15, 0.2) is 59.1 Å². The van der Waals surface area contributed by atoms with Crippen LogP contribution in [0, 0.1) is 0 Å². The molecule has 6 nitrogen and oxygen atoms in total. The van der Waals surface area contributed by atoms with E-state index in [0.29, 0.717) is 29.9 Å². The van der Waals surface area contributed by atoms with Gasteiger partial charge >= 0.3 is 0 Å². The second-order valence-corrected chi connectivity index (χ2v) is 7.48. The molecule has 1 saturated heterocycles. The minimum absolute atomic E-state index is 0.0285. The maximum atomic E-state index is 12.8. The van der Waals surface area contributed by atoms with Gasteiger partial charge in [-0.05, 0) is 37.0 Å². The van der Waals surface area contributed by atoms with Crippen LogP contribution in [0.3, 0.4) is 0 Å². The van der Waals surface area contributed by atoms with E-state index in [4.69, 9.17) is 20.9 Å². The third-order valence-corrected chi connectivity index (χ3v) is 5.20. The predicted molar refractivity (Wildman–Crippen MR) is 109 cm³/mol. The molecule has 0 radical (unpaired) electrons. The Kier molecular flexibility index (Phi) is 6.22. The first-order valence-corrected chi connectivity index (χ1v) is 10.1. The minimum Gasteiger partial charge on any atom is -0.367 e. The third kappa shape index (κ3) is 4.83. The molecular weight excluding hydrogens is 390 g/mol. The van der Waals surface area contributed by atoms with Gasteiger partial charge in [-0.3, -0.25) is 4.79 Å². The van der Waals surface area contributed by atoms with Crippen LogP contribution in [-0.4, -0.2) is 34.1 Å². The van der Waals surface area contributed by atoms with E-state index in [-0.39, 0.29) is 18.6 Å². The van der Waals surface area contributed by atoms with Gasteiger partial charge in [-0.25, -0.2) is 0 Å². The Bertz CT molecular complexity index is 961. The lowest BCUT2D eigenvalue weighted by Gasteiger charge is -2.33. The summed E-state index contributed by atoms with van der Waals surface area (Å²) in [6.45, 7) is 1.10. The van der Waals surface area contributed by atoms with Gasteiger partial charge in [0.05, 0.1) is 6.61 Å².